The average Bonchev–Trinajstić information content (AvgIpc) is 2.45. The van der Waals surface area contributed by atoms with E-state index in [1.807, 2.05) is 6.92 Å². The molecule has 0 saturated carbocycles. The predicted octanol–water partition coefficient (Wildman–Crippen LogP) is 1.01. The van der Waals surface area contributed by atoms with E-state index in [-0.39, 0.29) is 24.2 Å². The van der Waals surface area contributed by atoms with Crippen molar-refractivity contribution in [2.45, 2.75) is 13.0 Å². The van der Waals surface area contributed by atoms with Crippen LogP contribution in [0, 0.1) is 0 Å². The molecule has 0 aliphatic carbocycles. The Morgan fingerprint density at radius 3 is 3.00 bits per heavy atom. The second kappa shape index (κ2) is 6.38. The summed E-state index contributed by atoms with van der Waals surface area (Å²) >= 11 is 0. The van der Waals surface area contributed by atoms with Gasteiger partial charge in [-0.2, -0.15) is 0 Å². The second-order valence-electron chi connectivity index (χ2n) is 4.64. The highest BCUT2D eigenvalue weighted by molar-refractivity contribution is 5.88. The molecule has 1 heterocycles. The molecule has 1 N–H and O–H groups in total. The third-order valence-electron chi connectivity index (χ3n) is 3.04. The molecule has 0 spiro atoms. The second-order valence-corrected chi connectivity index (χ2v) is 4.64. The largest absolute Gasteiger partial charge is 0.484 e. The maximum Gasteiger partial charge on any atom is 0.335 e. The molecule has 1 atom stereocenters. The van der Waals surface area contributed by atoms with Gasteiger partial charge in [-0.05, 0) is 25.1 Å². The van der Waals surface area contributed by atoms with Crippen molar-refractivity contribution >= 4 is 11.9 Å². The lowest BCUT2D eigenvalue weighted by Gasteiger charge is -2.31. The van der Waals surface area contributed by atoms with Gasteiger partial charge in [0.2, 0.25) is 0 Å². The van der Waals surface area contributed by atoms with Crippen molar-refractivity contribution in [2.24, 2.45) is 0 Å². The van der Waals surface area contributed by atoms with E-state index in [9.17, 15) is 9.59 Å². The lowest BCUT2D eigenvalue weighted by molar-refractivity contribution is -0.140. The summed E-state index contributed by atoms with van der Waals surface area (Å²) in [5, 5.41) is 8.88. The number of aromatic carboxylic acids is 1. The molecule has 1 amide bonds. The molecule has 6 heteroatoms. The normalized spacial score (nSPS) is 18.6. The molecule has 1 saturated heterocycles. The number of carbonyl (C=O) groups excluding carboxylic acids is 1. The van der Waals surface area contributed by atoms with Crippen LogP contribution in [0.2, 0.25) is 0 Å². The summed E-state index contributed by atoms with van der Waals surface area (Å²) in [6, 6.07) is 6.08. The Balaban J connectivity index is 1.89. The molecular formula is C14H17NO5. The molecular weight excluding hydrogens is 262 g/mol. The molecule has 1 aliphatic heterocycles. The quantitative estimate of drug-likeness (QED) is 0.890. The summed E-state index contributed by atoms with van der Waals surface area (Å²) < 4.78 is 10.7. The Morgan fingerprint density at radius 2 is 2.30 bits per heavy atom. The summed E-state index contributed by atoms with van der Waals surface area (Å²) in [6.07, 6.45) is 0.0306. The predicted molar refractivity (Wildman–Crippen MR) is 70.9 cm³/mol. The molecule has 2 rings (SSSR count). The van der Waals surface area contributed by atoms with Gasteiger partial charge in [-0.1, -0.05) is 6.07 Å². The van der Waals surface area contributed by atoms with E-state index in [1.54, 1.807) is 17.0 Å². The van der Waals surface area contributed by atoms with Crippen LogP contribution in [0.4, 0.5) is 0 Å². The van der Waals surface area contributed by atoms with Gasteiger partial charge in [-0.15, -0.1) is 0 Å². The van der Waals surface area contributed by atoms with Gasteiger partial charge in [0.05, 0.1) is 18.3 Å². The number of hydrogen-bond acceptors (Lipinski definition) is 4. The van der Waals surface area contributed by atoms with E-state index < -0.39 is 5.97 Å². The maximum atomic E-state index is 12.0. The van der Waals surface area contributed by atoms with E-state index in [1.165, 1.54) is 12.1 Å². The number of nitrogens with zero attached hydrogens (tertiary/aromatic N) is 1. The van der Waals surface area contributed by atoms with Crippen LogP contribution < -0.4 is 4.74 Å². The topological polar surface area (TPSA) is 76.1 Å². The zero-order valence-corrected chi connectivity index (χ0v) is 11.2. The monoisotopic (exact) mass is 279 g/mol. The Morgan fingerprint density at radius 1 is 1.50 bits per heavy atom. The van der Waals surface area contributed by atoms with E-state index >= 15 is 0 Å². The molecule has 1 aromatic carbocycles. The highest BCUT2D eigenvalue weighted by Gasteiger charge is 2.21. The molecule has 20 heavy (non-hydrogen) atoms. The third kappa shape index (κ3) is 3.71. The summed E-state index contributed by atoms with van der Waals surface area (Å²) in [4.78, 5) is 24.5. The summed E-state index contributed by atoms with van der Waals surface area (Å²) in [7, 11) is 0. The van der Waals surface area contributed by atoms with Gasteiger partial charge >= 0.3 is 5.97 Å². The maximum absolute atomic E-state index is 12.0. The highest BCUT2D eigenvalue weighted by atomic mass is 16.5. The van der Waals surface area contributed by atoms with Crippen molar-refractivity contribution in [3.05, 3.63) is 29.8 Å². The minimum absolute atomic E-state index is 0.0306. The van der Waals surface area contributed by atoms with Crippen LogP contribution in [0.15, 0.2) is 24.3 Å². The van der Waals surface area contributed by atoms with Crippen LogP contribution >= 0.6 is 0 Å². The Bertz CT molecular complexity index is 502. The molecule has 108 valence electrons. The molecule has 1 fully saturated rings. The van der Waals surface area contributed by atoms with Crippen molar-refractivity contribution in [2.75, 3.05) is 26.3 Å². The number of carboxylic acids is 1. The van der Waals surface area contributed by atoms with Gasteiger partial charge in [0.15, 0.2) is 6.61 Å². The first-order valence-corrected chi connectivity index (χ1v) is 6.42. The lowest BCUT2D eigenvalue weighted by Crippen LogP contribution is -2.46. The van der Waals surface area contributed by atoms with Crippen LogP contribution in [-0.4, -0.2) is 54.3 Å². The number of carbonyl (C=O) groups is 2. The standard InChI is InChI=1S/C14H17NO5/c1-10-8-15(5-6-19-10)13(16)9-20-12-4-2-3-11(7-12)14(17)18/h2-4,7,10H,5-6,8-9H2,1H3,(H,17,18). The molecule has 1 unspecified atom stereocenters. The average molecular weight is 279 g/mol. The van der Waals surface area contributed by atoms with Crippen LogP contribution in [0.5, 0.6) is 5.75 Å². The van der Waals surface area contributed by atoms with Gasteiger partial charge in [0.1, 0.15) is 5.75 Å². The van der Waals surface area contributed by atoms with E-state index in [4.69, 9.17) is 14.6 Å². The number of rotatable bonds is 4. The molecule has 1 aliphatic rings. The SMILES string of the molecule is CC1CN(C(=O)COc2cccc(C(=O)O)c2)CCO1. The summed E-state index contributed by atoms with van der Waals surface area (Å²) in [5.74, 6) is -0.774. The van der Waals surface area contributed by atoms with Crippen LogP contribution in [-0.2, 0) is 9.53 Å². The summed E-state index contributed by atoms with van der Waals surface area (Å²) in [6.45, 7) is 3.45. The van der Waals surface area contributed by atoms with Gasteiger partial charge < -0.3 is 19.5 Å². The first kappa shape index (κ1) is 14.3. The minimum atomic E-state index is -1.02. The van der Waals surface area contributed by atoms with Crippen molar-refractivity contribution < 1.29 is 24.2 Å². The molecule has 1 aromatic rings. The smallest absolute Gasteiger partial charge is 0.335 e. The Labute approximate surface area is 116 Å². The third-order valence-corrected chi connectivity index (χ3v) is 3.04. The fourth-order valence-electron chi connectivity index (χ4n) is 2.00. The van der Waals surface area contributed by atoms with Crippen molar-refractivity contribution in [1.29, 1.82) is 0 Å². The molecule has 0 radical (unpaired) electrons. The zero-order valence-electron chi connectivity index (χ0n) is 11.2. The van der Waals surface area contributed by atoms with Crippen LogP contribution in [0.3, 0.4) is 0 Å². The fraction of sp³-hybridized carbons (Fsp3) is 0.429. The van der Waals surface area contributed by atoms with Crippen molar-refractivity contribution in [1.82, 2.24) is 4.90 Å². The summed E-state index contributed by atoms with van der Waals surface area (Å²) in [5.41, 5.74) is 0.134. The Hall–Kier alpha value is -2.08. The van der Waals surface area contributed by atoms with Gasteiger partial charge in [-0.3, -0.25) is 4.79 Å². The van der Waals surface area contributed by atoms with Crippen LogP contribution in [0.1, 0.15) is 17.3 Å². The van der Waals surface area contributed by atoms with E-state index in [2.05, 4.69) is 0 Å². The first-order chi connectivity index (χ1) is 9.56. The molecule has 6 nitrogen and oxygen atoms in total. The highest BCUT2D eigenvalue weighted by Crippen LogP contribution is 2.14. The van der Waals surface area contributed by atoms with Gasteiger partial charge in [-0.25, -0.2) is 4.79 Å². The number of carboxylic acid groups (broad SMARTS) is 1. The van der Waals surface area contributed by atoms with E-state index in [0.29, 0.717) is 25.4 Å². The Kier molecular flexibility index (Phi) is 4.57. The minimum Gasteiger partial charge on any atom is -0.484 e. The molecule has 0 bridgehead atoms. The number of morpholine rings is 1. The number of ether oxygens (including phenoxy) is 2. The van der Waals surface area contributed by atoms with Crippen molar-refractivity contribution in [3.63, 3.8) is 0 Å². The van der Waals surface area contributed by atoms with Gasteiger partial charge in [0, 0.05) is 13.1 Å². The number of amides is 1. The van der Waals surface area contributed by atoms with E-state index in [0.717, 1.165) is 0 Å². The number of benzene rings is 1. The van der Waals surface area contributed by atoms with Gasteiger partial charge in [0.25, 0.3) is 5.91 Å². The molecule has 0 aromatic heterocycles. The fourth-order valence-corrected chi connectivity index (χ4v) is 2.00. The van der Waals surface area contributed by atoms with Crippen LogP contribution in [0.25, 0.3) is 0 Å². The van der Waals surface area contributed by atoms with Crippen molar-refractivity contribution in [3.8, 4) is 5.75 Å². The zero-order chi connectivity index (χ0) is 14.5. The number of hydrogen-bond donors (Lipinski definition) is 1. The lowest BCUT2D eigenvalue weighted by atomic mass is 10.2. The first-order valence-electron chi connectivity index (χ1n) is 6.42.